The Hall–Kier alpha value is -4.28. The van der Waals surface area contributed by atoms with Crippen molar-refractivity contribution in [1.29, 1.82) is 0 Å². The predicted molar refractivity (Wildman–Crippen MR) is 167 cm³/mol. The SMILES string of the molecule is C=C[C@@H]1C[C@@]1(NC(=O)[C@@H]1C[C@@H]2CN1C(=O)[C@H](CC(F)F)NC(=O)OCCCCc1cccc3c1CN(C3)C(=O)O2)C(=O)NS(=O)(=O)C1CC1. The van der Waals surface area contributed by atoms with E-state index in [-0.39, 0.29) is 39.1 Å². The van der Waals surface area contributed by atoms with Gasteiger partial charge < -0.3 is 25.0 Å². The van der Waals surface area contributed by atoms with E-state index in [2.05, 4.69) is 17.2 Å². The number of alkyl carbamates (subject to hydrolysis) is 1. The van der Waals surface area contributed by atoms with Gasteiger partial charge in [-0.3, -0.25) is 24.0 Å². The van der Waals surface area contributed by atoms with E-state index in [1.165, 1.54) is 11.0 Å². The van der Waals surface area contributed by atoms with E-state index in [0.29, 0.717) is 32.1 Å². The van der Waals surface area contributed by atoms with Gasteiger partial charge in [-0.15, -0.1) is 6.58 Å². The summed E-state index contributed by atoms with van der Waals surface area (Å²) in [7, 11) is -3.97. The van der Waals surface area contributed by atoms with E-state index in [1.807, 2.05) is 22.9 Å². The van der Waals surface area contributed by atoms with E-state index in [9.17, 15) is 41.2 Å². The fraction of sp³-hybridized carbons (Fsp3) is 0.594. The average Bonchev–Trinajstić information content (AvgIpc) is 3.94. The molecule has 4 bridgehead atoms. The highest BCUT2D eigenvalue weighted by Gasteiger charge is 2.62. The van der Waals surface area contributed by atoms with E-state index >= 15 is 0 Å². The van der Waals surface area contributed by atoms with E-state index in [0.717, 1.165) is 21.6 Å². The van der Waals surface area contributed by atoms with Crippen LogP contribution in [0.25, 0.3) is 0 Å². The number of hydrogen-bond donors (Lipinski definition) is 3. The molecule has 5 aliphatic rings. The lowest BCUT2D eigenvalue weighted by molar-refractivity contribution is -0.141. The maximum atomic E-state index is 13.9. The molecule has 1 saturated heterocycles. The molecule has 0 aromatic heterocycles. The highest BCUT2D eigenvalue weighted by molar-refractivity contribution is 7.91. The topological polar surface area (TPSA) is 181 Å². The van der Waals surface area contributed by atoms with Gasteiger partial charge in [-0.05, 0) is 55.2 Å². The van der Waals surface area contributed by atoms with Crippen LogP contribution >= 0.6 is 0 Å². The Bertz CT molecular complexity index is 1650. The molecule has 1 aromatic rings. The first kappa shape index (κ1) is 34.6. The van der Waals surface area contributed by atoms with Crippen LogP contribution in [0.3, 0.4) is 0 Å². The van der Waals surface area contributed by atoms with Crippen molar-refractivity contribution in [3.8, 4) is 0 Å². The van der Waals surface area contributed by atoms with Crippen LogP contribution in [0.4, 0.5) is 18.4 Å². The zero-order valence-electron chi connectivity index (χ0n) is 26.7. The molecule has 6 rings (SSSR count). The third-order valence-electron chi connectivity index (χ3n) is 9.78. The minimum Gasteiger partial charge on any atom is -0.450 e. The van der Waals surface area contributed by atoms with Gasteiger partial charge in [-0.25, -0.2) is 26.8 Å². The van der Waals surface area contributed by atoms with E-state index in [1.54, 1.807) is 0 Å². The zero-order valence-corrected chi connectivity index (χ0v) is 27.5. The van der Waals surface area contributed by atoms with Gasteiger partial charge in [0.1, 0.15) is 23.7 Å². The summed E-state index contributed by atoms with van der Waals surface area (Å²) in [6.45, 7) is 3.83. The molecular weight excluding hydrogens is 668 g/mol. The van der Waals surface area contributed by atoms with Gasteiger partial charge in [0.05, 0.1) is 18.4 Å². The number of fused-ring (bicyclic) bond motifs is 3. The minimum atomic E-state index is -3.97. The Labute approximate surface area is 281 Å². The summed E-state index contributed by atoms with van der Waals surface area (Å²) < 4.78 is 65.5. The second-order valence-corrected chi connectivity index (χ2v) is 15.2. The molecule has 266 valence electrons. The number of halogens is 2. The van der Waals surface area contributed by atoms with Gasteiger partial charge in [0, 0.05) is 31.8 Å². The number of aryl methyl sites for hydroxylation is 1. The lowest BCUT2D eigenvalue weighted by Crippen LogP contribution is -2.58. The lowest BCUT2D eigenvalue weighted by atomic mass is 9.99. The normalized spacial score (nSPS) is 28.9. The molecule has 17 heteroatoms. The monoisotopic (exact) mass is 707 g/mol. The minimum absolute atomic E-state index is 0.0310. The van der Waals surface area contributed by atoms with Crippen LogP contribution < -0.4 is 15.4 Å². The summed E-state index contributed by atoms with van der Waals surface area (Å²) in [5.41, 5.74) is 1.29. The molecule has 0 spiro atoms. The number of sulfonamides is 1. The molecule has 1 aromatic carbocycles. The number of cyclic esters (lactones) is 1. The second-order valence-electron chi connectivity index (χ2n) is 13.3. The Morgan fingerprint density at radius 1 is 1.14 bits per heavy atom. The quantitative estimate of drug-likeness (QED) is 0.340. The Kier molecular flexibility index (Phi) is 9.57. The van der Waals surface area contributed by atoms with Crippen LogP contribution in [0.2, 0.25) is 0 Å². The summed E-state index contributed by atoms with van der Waals surface area (Å²) >= 11 is 0. The van der Waals surface area contributed by atoms with Gasteiger partial charge in [0.25, 0.3) is 5.91 Å². The van der Waals surface area contributed by atoms with Crippen molar-refractivity contribution < 1.29 is 50.6 Å². The van der Waals surface area contributed by atoms with Crippen LogP contribution in [-0.2, 0) is 53.4 Å². The molecule has 2 saturated carbocycles. The van der Waals surface area contributed by atoms with Crippen LogP contribution in [0.5, 0.6) is 0 Å². The molecule has 49 heavy (non-hydrogen) atoms. The standard InChI is InChI=1S/C32H39F2N5O9S/c1-2-20-14-32(20,29(42)37-49(45,46)22-9-10-22)36-27(40)25-12-21-16-39(25)28(41)24(13-26(33)34)35-30(43)47-11-4-3-6-18-7-5-8-19-15-38(17-23(18)19)31(44)48-21/h2,5,7-8,20-22,24-26H,1,3-4,6,9-17H2,(H,35,43)(H,36,40)(H,37,42)/t20-,21-,24+,25+,32+/m1/s1. The molecule has 0 unspecified atom stereocenters. The van der Waals surface area contributed by atoms with Gasteiger partial charge in [0.2, 0.25) is 28.3 Å². The molecule has 3 heterocycles. The number of rotatable bonds is 8. The first-order valence-corrected chi connectivity index (χ1v) is 17.9. The van der Waals surface area contributed by atoms with Gasteiger partial charge in [-0.2, -0.15) is 0 Å². The first-order chi connectivity index (χ1) is 23.3. The second kappa shape index (κ2) is 13.6. The van der Waals surface area contributed by atoms with Crippen molar-refractivity contribution in [2.75, 3.05) is 13.2 Å². The van der Waals surface area contributed by atoms with Crippen LogP contribution in [0.1, 0.15) is 61.6 Å². The number of carbonyl (C=O) groups is 5. The third-order valence-corrected chi connectivity index (χ3v) is 11.6. The fourth-order valence-electron chi connectivity index (χ4n) is 6.83. The van der Waals surface area contributed by atoms with Crippen LogP contribution in [-0.4, -0.2) is 96.7 Å². The smallest absolute Gasteiger partial charge is 0.410 e. The van der Waals surface area contributed by atoms with Gasteiger partial charge >= 0.3 is 12.2 Å². The summed E-state index contributed by atoms with van der Waals surface area (Å²) in [6.07, 6.45) is -3.21. The highest BCUT2D eigenvalue weighted by Crippen LogP contribution is 2.45. The van der Waals surface area contributed by atoms with Gasteiger partial charge in [-0.1, -0.05) is 24.3 Å². The molecule has 3 N–H and O–H groups in total. The first-order valence-electron chi connectivity index (χ1n) is 16.4. The van der Waals surface area contributed by atoms with Gasteiger partial charge in [0.15, 0.2) is 0 Å². The summed E-state index contributed by atoms with van der Waals surface area (Å²) in [4.78, 5) is 69.5. The maximum Gasteiger partial charge on any atom is 0.410 e. The molecule has 14 nitrogen and oxygen atoms in total. The Morgan fingerprint density at radius 2 is 1.90 bits per heavy atom. The number of carbonyl (C=O) groups excluding carboxylic acids is 5. The number of nitrogens with one attached hydrogen (secondary N) is 3. The van der Waals surface area contributed by atoms with Crippen molar-refractivity contribution in [3.63, 3.8) is 0 Å². The molecule has 3 aliphatic heterocycles. The molecule has 0 radical (unpaired) electrons. The Balaban J connectivity index is 1.26. The van der Waals surface area contributed by atoms with Crippen molar-refractivity contribution in [2.24, 2.45) is 5.92 Å². The number of hydrogen-bond acceptors (Lipinski definition) is 9. The van der Waals surface area contributed by atoms with Crippen molar-refractivity contribution >= 4 is 39.9 Å². The summed E-state index contributed by atoms with van der Waals surface area (Å²) in [6, 6.07) is 2.55. The lowest BCUT2D eigenvalue weighted by Gasteiger charge is -2.29. The zero-order chi connectivity index (χ0) is 35.1. The van der Waals surface area contributed by atoms with Crippen molar-refractivity contribution in [1.82, 2.24) is 25.2 Å². The molecule has 5 amide bonds. The molecule has 3 fully saturated rings. The number of ether oxygens (including phenoxy) is 2. The van der Waals surface area contributed by atoms with Crippen molar-refractivity contribution in [3.05, 3.63) is 47.5 Å². The number of amides is 5. The fourth-order valence-corrected chi connectivity index (χ4v) is 8.20. The molecule has 5 atom stereocenters. The van der Waals surface area contributed by atoms with E-state index < -0.39 is 87.7 Å². The highest BCUT2D eigenvalue weighted by atomic mass is 32.2. The molecule has 2 aliphatic carbocycles. The predicted octanol–water partition coefficient (Wildman–Crippen LogP) is 1.86. The number of benzene rings is 1. The van der Waals surface area contributed by atoms with E-state index in [4.69, 9.17) is 9.47 Å². The van der Waals surface area contributed by atoms with Crippen LogP contribution in [0, 0.1) is 5.92 Å². The Morgan fingerprint density at radius 3 is 2.59 bits per heavy atom. The van der Waals surface area contributed by atoms with Crippen molar-refractivity contribution in [2.45, 2.75) is 99.9 Å². The maximum absolute atomic E-state index is 13.9. The van der Waals surface area contributed by atoms with Crippen LogP contribution in [0.15, 0.2) is 30.9 Å². The summed E-state index contributed by atoms with van der Waals surface area (Å²) in [5.74, 6) is -3.52. The largest absolute Gasteiger partial charge is 0.450 e. The summed E-state index contributed by atoms with van der Waals surface area (Å²) in [5, 5.41) is 4.08. The average molecular weight is 708 g/mol. The number of alkyl halides is 2. The molecular formula is C32H39F2N5O9S. The third kappa shape index (κ3) is 7.35. The number of nitrogens with zero attached hydrogens (tertiary/aromatic N) is 2.